The van der Waals surface area contributed by atoms with Crippen molar-refractivity contribution in [1.82, 2.24) is 5.32 Å². The van der Waals surface area contributed by atoms with E-state index in [0.29, 0.717) is 32.6 Å². The molecule has 1 aromatic carbocycles. The highest BCUT2D eigenvalue weighted by molar-refractivity contribution is 5.76. The normalized spacial score (nSPS) is 19.0. The number of rotatable bonds is 7. The molecule has 2 rings (SSSR count). The lowest BCUT2D eigenvalue weighted by atomic mass is 9.95. The van der Waals surface area contributed by atoms with Gasteiger partial charge in [-0.1, -0.05) is 26.0 Å². The lowest BCUT2D eigenvalue weighted by molar-refractivity contribution is -0.223. The number of esters is 1. The molecule has 1 aliphatic rings. The fourth-order valence-corrected chi connectivity index (χ4v) is 2.52. The van der Waals surface area contributed by atoms with Crippen LogP contribution < -0.4 is 5.32 Å². The Bertz CT molecular complexity index is 519. The third kappa shape index (κ3) is 5.78. The molecule has 0 radical (unpaired) electrons. The molecule has 0 spiro atoms. The molecular weight excluding hydrogens is 310 g/mol. The minimum Gasteiger partial charge on any atom is -0.508 e. The van der Waals surface area contributed by atoms with Gasteiger partial charge >= 0.3 is 5.97 Å². The number of methoxy groups -OCH3 is 1. The molecule has 6 heteroatoms. The van der Waals surface area contributed by atoms with Crippen LogP contribution in [0.1, 0.15) is 25.8 Å². The molecule has 0 amide bonds. The van der Waals surface area contributed by atoms with Gasteiger partial charge in [0.15, 0.2) is 6.29 Å². The molecule has 1 saturated heterocycles. The van der Waals surface area contributed by atoms with Gasteiger partial charge in [-0.15, -0.1) is 0 Å². The first kappa shape index (κ1) is 18.7. The van der Waals surface area contributed by atoms with Crippen LogP contribution in [0.3, 0.4) is 0 Å². The van der Waals surface area contributed by atoms with Gasteiger partial charge in [-0.25, -0.2) is 0 Å². The number of carbonyl (C=O) groups is 1. The molecule has 134 valence electrons. The summed E-state index contributed by atoms with van der Waals surface area (Å²) in [4.78, 5) is 12.0. The Labute approximate surface area is 143 Å². The van der Waals surface area contributed by atoms with Crippen LogP contribution in [0, 0.1) is 5.41 Å². The van der Waals surface area contributed by atoms with Crippen LogP contribution in [0.2, 0.25) is 0 Å². The van der Waals surface area contributed by atoms with E-state index in [-0.39, 0.29) is 23.4 Å². The fraction of sp³-hybridized carbons (Fsp3) is 0.611. The van der Waals surface area contributed by atoms with E-state index in [1.807, 2.05) is 0 Å². The van der Waals surface area contributed by atoms with Crippen LogP contribution in [-0.4, -0.2) is 50.3 Å². The van der Waals surface area contributed by atoms with Crippen LogP contribution in [0.5, 0.6) is 5.75 Å². The molecule has 1 aliphatic heterocycles. The molecule has 1 aromatic rings. The van der Waals surface area contributed by atoms with Crippen molar-refractivity contribution >= 4 is 5.97 Å². The smallest absolute Gasteiger partial charge is 0.323 e. The monoisotopic (exact) mass is 337 g/mol. The highest BCUT2D eigenvalue weighted by Crippen LogP contribution is 2.23. The quantitative estimate of drug-likeness (QED) is 0.740. The van der Waals surface area contributed by atoms with E-state index in [0.717, 1.165) is 5.56 Å². The van der Waals surface area contributed by atoms with Crippen molar-refractivity contribution in [2.75, 3.05) is 26.9 Å². The number of nitrogens with one attached hydrogen (secondary N) is 1. The SMILES string of the molecule is COC(=O)C(Cc1ccc(O)cc1)NCCC1OCC(C)(C)CO1. The average Bonchev–Trinajstić information content (AvgIpc) is 2.56. The van der Waals surface area contributed by atoms with Crippen LogP contribution in [0.25, 0.3) is 0 Å². The first-order chi connectivity index (χ1) is 11.4. The second-order valence-corrected chi connectivity index (χ2v) is 6.90. The van der Waals surface area contributed by atoms with Gasteiger partial charge in [0.05, 0.1) is 20.3 Å². The molecule has 0 saturated carbocycles. The molecule has 24 heavy (non-hydrogen) atoms. The van der Waals surface area contributed by atoms with Crippen molar-refractivity contribution in [3.63, 3.8) is 0 Å². The van der Waals surface area contributed by atoms with Crippen LogP contribution in [-0.2, 0) is 25.4 Å². The van der Waals surface area contributed by atoms with Gasteiger partial charge in [0.2, 0.25) is 0 Å². The minimum atomic E-state index is -0.445. The number of aromatic hydroxyl groups is 1. The lowest BCUT2D eigenvalue weighted by Crippen LogP contribution is -2.43. The van der Waals surface area contributed by atoms with Gasteiger partial charge in [-0.2, -0.15) is 0 Å². The Morgan fingerprint density at radius 2 is 1.96 bits per heavy atom. The van der Waals surface area contributed by atoms with Gasteiger partial charge in [0.1, 0.15) is 11.8 Å². The summed E-state index contributed by atoms with van der Waals surface area (Å²) in [5, 5.41) is 12.5. The minimum absolute atomic E-state index is 0.0529. The van der Waals surface area contributed by atoms with Crippen molar-refractivity contribution in [2.24, 2.45) is 5.41 Å². The lowest BCUT2D eigenvalue weighted by Gasteiger charge is -2.34. The molecule has 1 unspecified atom stereocenters. The number of phenols is 1. The maximum absolute atomic E-state index is 12.0. The number of phenolic OH excluding ortho intramolecular Hbond substituents is 1. The summed E-state index contributed by atoms with van der Waals surface area (Å²) in [6.45, 7) is 6.14. The van der Waals surface area contributed by atoms with Gasteiger partial charge < -0.3 is 24.6 Å². The summed E-state index contributed by atoms with van der Waals surface area (Å²) in [5.41, 5.74) is 1.000. The van der Waals surface area contributed by atoms with Gasteiger partial charge in [0.25, 0.3) is 0 Å². The topological polar surface area (TPSA) is 77.0 Å². The summed E-state index contributed by atoms with van der Waals surface area (Å²) in [7, 11) is 1.38. The third-order valence-corrected chi connectivity index (χ3v) is 3.95. The predicted molar refractivity (Wildman–Crippen MR) is 89.7 cm³/mol. The first-order valence-electron chi connectivity index (χ1n) is 8.22. The van der Waals surface area contributed by atoms with Crippen LogP contribution in [0.15, 0.2) is 24.3 Å². The van der Waals surface area contributed by atoms with E-state index in [9.17, 15) is 9.90 Å². The second kappa shape index (κ2) is 8.46. The largest absolute Gasteiger partial charge is 0.508 e. The number of carbonyl (C=O) groups excluding carboxylic acids is 1. The van der Waals surface area contributed by atoms with E-state index < -0.39 is 6.04 Å². The van der Waals surface area contributed by atoms with Crippen molar-refractivity contribution in [3.05, 3.63) is 29.8 Å². The fourth-order valence-electron chi connectivity index (χ4n) is 2.52. The third-order valence-electron chi connectivity index (χ3n) is 3.95. The molecule has 1 atom stereocenters. The molecule has 1 heterocycles. The van der Waals surface area contributed by atoms with Crippen LogP contribution >= 0.6 is 0 Å². The summed E-state index contributed by atoms with van der Waals surface area (Å²) in [6.07, 6.45) is 0.920. The maximum atomic E-state index is 12.0. The summed E-state index contributed by atoms with van der Waals surface area (Å²) >= 11 is 0. The zero-order valence-electron chi connectivity index (χ0n) is 14.6. The summed E-state index contributed by atoms with van der Waals surface area (Å²) in [5.74, 6) is -0.106. The Hall–Kier alpha value is -1.63. The van der Waals surface area contributed by atoms with E-state index in [2.05, 4.69) is 19.2 Å². The molecule has 2 N–H and O–H groups in total. The van der Waals surface area contributed by atoms with E-state index in [1.54, 1.807) is 24.3 Å². The molecule has 0 bridgehead atoms. The predicted octanol–water partition coefficient (Wildman–Crippen LogP) is 1.86. The average molecular weight is 337 g/mol. The van der Waals surface area contributed by atoms with E-state index in [1.165, 1.54) is 7.11 Å². The highest BCUT2D eigenvalue weighted by atomic mass is 16.7. The highest BCUT2D eigenvalue weighted by Gasteiger charge is 2.28. The number of ether oxygens (including phenoxy) is 3. The Morgan fingerprint density at radius 3 is 2.54 bits per heavy atom. The van der Waals surface area contributed by atoms with Crippen molar-refractivity contribution in [2.45, 2.75) is 39.0 Å². The van der Waals surface area contributed by atoms with Crippen LogP contribution in [0.4, 0.5) is 0 Å². The Morgan fingerprint density at radius 1 is 1.33 bits per heavy atom. The molecule has 0 aromatic heterocycles. The summed E-state index contributed by atoms with van der Waals surface area (Å²) < 4.78 is 16.2. The van der Waals surface area contributed by atoms with Crippen molar-refractivity contribution < 1.29 is 24.1 Å². The zero-order valence-corrected chi connectivity index (χ0v) is 14.6. The molecule has 1 fully saturated rings. The molecular formula is C18H27NO5. The Balaban J connectivity index is 1.81. The number of benzene rings is 1. The van der Waals surface area contributed by atoms with E-state index in [4.69, 9.17) is 14.2 Å². The zero-order chi connectivity index (χ0) is 17.6. The summed E-state index contributed by atoms with van der Waals surface area (Å²) in [6, 6.07) is 6.36. The maximum Gasteiger partial charge on any atom is 0.323 e. The number of hydrogen-bond donors (Lipinski definition) is 2. The van der Waals surface area contributed by atoms with Gasteiger partial charge in [-0.3, -0.25) is 4.79 Å². The number of hydrogen-bond acceptors (Lipinski definition) is 6. The Kier molecular flexibility index (Phi) is 6.60. The second-order valence-electron chi connectivity index (χ2n) is 6.90. The molecule has 6 nitrogen and oxygen atoms in total. The standard InChI is InChI=1S/C18H27NO5/c1-18(2)11-23-16(24-12-18)8-9-19-15(17(21)22-3)10-13-4-6-14(20)7-5-13/h4-7,15-16,19-20H,8-12H2,1-3H3. The van der Waals surface area contributed by atoms with E-state index >= 15 is 0 Å². The van der Waals surface area contributed by atoms with Gasteiger partial charge in [0, 0.05) is 18.4 Å². The van der Waals surface area contributed by atoms with Crippen molar-refractivity contribution in [3.8, 4) is 5.75 Å². The first-order valence-corrected chi connectivity index (χ1v) is 8.22. The van der Waals surface area contributed by atoms with Crippen molar-refractivity contribution in [1.29, 1.82) is 0 Å². The van der Waals surface area contributed by atoms with Gasteiger partial charge in [-0.05, 0) is 24.1 Å². The molecule has 0 aliphatic carbocycles.